The Bertz CT molecular complexity index is 637. The molecule has 2 rings (SSSR count). The fourth-order valence-corrected chi connectivity index (χ4v) is 3.73. The molecule has 1 N–H and O–H groups in total. The quantitative estimate of drug-likeness (QED) is 0.556. The maximum atomic E-state index is 12.0. The van der Waals surface area contributed by atoms with Gasteiger partial charge >= 0.3 is 0 Å². The Morgan fingerprint density at radius 3 is 2.70 bits per heavy atom. The van der Waals surface area contributed by atoms with Gasteiger partial charge in [0.05, 0.1) is 5.75 Å². The van der Waals surface area contributed by atoms with Gasteiger partial charge in [0.25, 0.3) is 0 Å². The summed E-state index contributed by atoms with van der Waals surface area (Å²) in [5.74, 6) is -0.528. The van der Waals surface area contributed by atoms with Crippen molar-refractivity contribution in [2.24, 2.45) is 11.8 Å². The van der Waals surface area contributed by atoms with Gasteiger partial charge in [-0.3, -0.25) is 9.52 Å². The van der Waals surface area contributed by atoms with Gasteiger partial charge in [-0.25, -0.2) is 8.42 Å². The zero-order valence-electron chi connectivity index (χ0n) is 13.6. The summed E-state index contributed by atoms with van der Waals surface area (Å²) in [5.41, 5.74) is 0.677. The SMILES string of the molecule is CCCCC/C=C\[C@@H]1C[C@@H]1C(=O)NS(=O)(=O)Cc1ccccc1. The van der Waals surface area contributed by atoms with E-state index in [1.54, 1.807) is 24.3 Å². The molecule has 1 amide bonds. The normalized spacial score (nSPS) is 20.6. The van der Waals surface area contributed by atoms with Crippen molar-refractivity contribution in [3.8, 4) is 0 Å². The van der Waals surface area contributed by atoms with Crippen LogP contribution in [0.3, 0.4) is 0 Å². The van der Waals surface area contributed by atoms with Crippen molar-refractivity contribution < 1.29 is 13.2 Å². The molecule has 1 aromatic rings. The maximum Gasteiger partial charge on any atom is 0.239 e. The number of amides is 1. The lowest BCUT2D eigenvalue weighted by molar-refractivity contribution is -0.120. The molecule has 0 aromatic heterocycles. The number of carbonyl (C=O) groups excluding carboxylic acids is 1. The lowest BCUT2D eigenvalue weighted by atomic mass is 10.2. The second kappa shape index (κ2) is 8.29. The smallest absolute Gasteiger partial charge is 0.239 e. The standard InChI is InChI=1S/C18H25NO3S/c1-2-3-4-5-9-12-16-13-17(16)18(20)19-23(21,22)14-15-10-7-6-8-11-15/h6-12,16-17H,2-5,13-14H2,1H3,(H,19,20)/b12-9-/t16-,17+/m1/s1. The van der Waals surface area contributed by atoms with E-state index in [0.29, 0.717) is 5.56 Å². The molecule has 1 fully saturated rings. The van der Waals surface area contributed by atoms with Gasteiger partial charge in [0, 0.05) is 5.92 Å². The summed E-state index contributed by atoms with van der Waals surface area (Å²) in [6, 6.07) is 8.88. The molecule has 0 spiro atoms. The Balaban J connectivity index is 1.77. The first-order valence-corrected chi connectivity index (χ1v) is 9.92. The molecule has 1 aliphatic carbocycles. The number of carbonyl (C=O) groups is 1. The van der Waals surface area contributed by atoms with Crippen LogP contribution in [0.4, 0.5) is 0 Å². The molecular weight excluding hydrogens is 310 g/mol. The molecule has 0 heterocycles. The Hall–Kier alpha value is -1.62. The molecule has 0 radical (unpaired) electrons. The van der Waals surface area contributed by atoms with E-state index in [1.165, 1.54) is 19.3 Å². The van der Waals surface area contributed by atoms with Crippen LogP contribution in [0.2, 0.25) is 0 Å². The van der Waals surface area contributed by atoms with Crippen LogP contribution in [0.15, 0.2) is 42.5 Å². The maximum absolute atomic E-state index is 12.0. The average molecular weight is 335 g/mol. The van der Waals surface area contributed by atoms with Crippen molar-refractivity contribution in [3.63, 3.8) is 0 Å². The molecule has 0 aliphatic heterocycles. The molecule has 23 heavy (non-hydrogen) atoms. The van der Waals surface area contributed by atoms with Gasteiger partial charge in [0.1, 0.15) is 0 Å². The molecule has 1 aromatic carbocycles. The Kier molecular flexibility index (Phi) is 6.39. The largest absolute Gasteiger partial charge is 0.274 e. The third-order valence-electron chi connectivity index (χ3n) is 3.99. The van der Waals surface area contributed by atoms with Gasteiger partial charge < -0.3 is 0 Å². The number of nitrogens with one attached hydrogen (secondary N) is 1. The fraction of sp³-hybridized carbons (Fsp3) is 0.500. The summed E-state index contributed by atoms with van der Waals surface area (Å²) < 4.78 is 26.3. The summed E-state index contributed by atoms with van der Waals surface area (Å²) in [7, 11) is -3.62. The molecule has 0 saturated heterocycles. The predicted molar refractivity (Wildman–Crippen MR) is 92.1 cm³/mol. The van der Waals surface area contributed by atoms with Crippen LogP contribution < -0.4 is 4.72 Å². The number of sulfonamides is 1. The van der Waals surface area contributed by atoms with Crippen molar-refractivity contribution in [2.75, 3.05) is 0 Å². The van der Waals surface area contributed by atoms with E-state index in [1.807, 2.05) is 6.07 Å². The fourth-order valence-electron chi connectivity index (χ4n) is 2.57. The minimum atomic E-state index is -3.62. The third kappa shape index (κ3) is 6.18. The van der Waals surface area contributed by atoms with Crippen LogP contribution in [0.1, 0.15) is 44.6 Å². The second-order valence-electron chi connectivity index (χ2n) is 6.14. The van der Waals surface area contributed by atoms with Gasteiger partial charge in [0.2, 0.25) is 15.9 Å². The van der Waals surface area contributed by atoms with Crippen LogP contribution in [0.25, 0.3) is 0 Å². The van der Waals surface area contributed by atoms with Crippen LogP contribution in [0.5, 0.6) is 0 Å². The number of allylic oxidation sites excluding steroid dienone is 2. The molecule has 126 valence electrons. The topological polar surface area (TPSA) is 63.2 Å². The summed E-state index contributed by atoms with van der Waals surface area (Å²) in [6.07, 6.45) is 9.54. The van der Waals surface area contributed by atoms with Crippen LogP contribution in [-0.2, 0) is 20.6 Å². The number of benzene rings is 1. The predicted octanol–water partition coefficient (Wildman–Crippen LogP) is 3.41. The molecule has 5 heteroatoms. The van der Waals surface area contributed by atoms with E-state index in [9.17, 15) is 13.2 Å². The highest BCUT2D eigenvalue weighted by Crippen LogP contribution is 2.40. The molecule has 1 aliphatic rings. The lowest BCUT2D eigenvalue weighted by Crippen LogP contribution is -2.33. The first-order valence-electron chi connectivity index (χ1n) is 8.27. The highest BCUT2D eigenvalue weighted by atomic mass is 32.2. The first kappa shape index (κ1) is 17.7. The zero-order valence-corrected chi connectivity index (χ0v) is 14.4. The molecule has 1 saturated carbocycles. The first-order chi connectivity index (χ1) is 11.0. The van der Waals surface area contributed by atoms with E-state index in [-0.39, 0.29) is 23.5 Å². The van der Waals surface area contributed by atoms with E-state index >= 15 is 0 Å². The average Bonchev–Trinajstić information content (AvgIpc) is 3.27. The molecule has 4 nitrogen and oxygen atoms in total. The van der Waals surface area contributed by atoms with Crippen LogP contribution in [-0.4, -0.2) is 14.3 Å². The summed E-state index contributed by atoms with van der Waals surface area (Å²) in [4.78, 5) is 12.0. The van der Waals surface area contributed by atoms with Gasteiger partial charge in [0.15, 0.2) is 0 Å². The van der Waals surface area contributed by atoms with E-state index < -0.39 is 10.0 Å². The summed E-state index contributed by atoms with van der Waals surface area (Å²) in [5, 5.41) is 0. The van der Waals surface area contributed by atoms with Gasteiger partial charge in [-0.2, -0.15) is 0 Å². The van der Waals surface area contributed by atoms with Crippen molar-refractivity contribution in [2.45, 2.75) is 44.8 Å². The highest BCUT2D eigenvalue weighted by molar-refractivity contribution is 7.89. The van der Waals surface area contributed by atoms with Gasteiger partial charge in [-0.15, -0.1) is 0 Å². The van der Waals surface area contributed by atoms with Crippen molar-refractivity contribution in [1.29, 1.82) is 0 Å². The molecule has 0 unspecified atom stereocenters. The van der Waals surface area contributed by atoms with Crippen LogP contribution in [0, 0.1) is 11.8 Å². The monoisotopic (exact) mass is 335 g/mol. The zero-order chi connectivity index (χ0) is 16.7. The number of hydrogen-bond donors (Lipinski definition) is 1. The van der Waals surface area contributed by atoms with Crippen molar-refractivity contribution >= 4 is 15.9 Å². The van der Waals surface area contributed by atoms with E-state index in [2.05, 4.69) is 23.8 Å². The minimum Gasteiger partial charge on any atom is -0.274 e. The Labute approximate surface area is 139 Å². The number of unbranched alkanes of at least 4 members (excludes halogenated alkanes) is 3. The molecular formula is C18H25NO3S. The summed E-state index contributed by atoms with van der Waals surface area (Å²) >= 11 is 0. The Morgan fingerprint density at radius 1 is 1.26 bits per heavy atom. The van der Waals surface area contributed by atoms with E-state index in [0.717, 1.165) is 12.8 Å². The van der Waals surface area contributed by atoms with Crippen molar-refractivity contribution in [3.05, 3.63) is 48.0 Å². The Morgan fingerprint density at radius 2 is 2.00 bits per heavy atom. The third-order valence-corrected chi connectivity index (χ3v) is 5.22. The molecule has 2 atom stereocenters. The summed E-state index contributed by atoms with van der Waals surface area (Å²) in [6.45, 7) is 2.17. The number of rotatable bonds is 9. The highest BCUT2D eigenvalue weighted by Gasteiger charge is 2.42. The van der Waals surface area contributed by atoms with Gasteiger partial charge in [-0.1, -0.05) is 62.2 Å². The lowest BCUT2D eigenvalue weighted by Gasteiger charge is -2.06. The molecule has 0 bridgehead atoms. The van der Waals surface area contributed by atoms with E-state index in [4.69, 9.17) is 0 Å². The van der Waals surface area contributed by atoms with Crippen LogP contribution >= 0.6 is 0 Å². The number of hydrogen-bond acceptors (Lipinski definition) is 3. The minimum absolute atomic E-state index is 0.163. The second-order valence-corrected chi connectivity index (χ2v) is 7.86. The van der Waals surface area contributed by atoms with Gasteiger partial charge in [-0.05, 0) is 30.7 Å². The van der Waals surface area contributed by atoms with Crippen molar-refractivity contribution in [1.82, 2.24) is 4.72 Å².